The predicted octanol–water partition coefficient (Wildman–Crippen LogP) is 0.711. The third-order valence-corrected chi connectivity index (χ3v) is 2.20. The van der Waals surface area contributed by atoms with Crippen LogP contribution in [0.25, 0.3) is 11.4 Å². The van der Waals surface area contributed by atoms with Gasteiger partial charge in [0.2, 0.25) is 0 Å². The molecule has 0 spiro atoms. The fourth-order valence-corrected chi connectivity index (χ4v) is 1.59. The number of aryl methyl sites for hydroxylation is 3. The van der Waals surface area contributed by atoms with Crippen LogP contribution in [0.5, 0.6) is 0 Å². The van der Waals surface area contributed by atoms with Gasteiger partial charge in [0, 0.05) is 20.3 Å². The van der Waals surface area contributed by atoms with Crippen LogP contribution in [-0.4, -0.2) is 19.6 Å². The molecule has 0 fully saturated rings. The van der Waals surface area contributed by atoms with Crippen molar-refractivity contribution in [2.45, 2.75) is 6.92 Å². The topological polar surface area (TPSA) is 61.7 Å². The standard InChI is InChI=1S/C9H13N5/c1-6-5-13(2)12-8(6)9-7(10)4-11-14(9)3/h4-5H,10H2,1-3H3. The van der Waals surface area contributed by atoms with Crippen LogP contribution in [0, 0.1) is 6.92 Å². The van der Waals surface area contributed by atoms with E-state index in [1.807, 2.05) is 27.2 Å². The minimum atomic E-state index is 0.661. The highest BCUT2D eigenvalue weighted by Crippen LogP contribution is 2.25. The molecule has 0 bridgehead atoms. The highest BCUT2D eigenvalue weighted by atomic mass is 15.3. The van der Waals surface area contributed by atoms with E-state index in [1.54, 1.807) is 15.6 Å². The summed E-state index contributed by atoms with van der Waals surface area (Å²) in [5.41, 5.74) is 9.35. The van der Waals surface area contributed by atoms with Gasteiger partial charge in [-0.25, -0.2) is 0 Å². The van der Waals surface area contributed by atoms with Gasteiger partial charge in [0.25, 0.3) is 0 Å². The minimum Gasteiger partial charge on any atom is -0.396 e. The second-order valence-corrected chi connectivity index (χ2v) is 3.41. The lowest BCUT2D eigenvalue weighted by Gasteiger charge is -2.00. The van der Waals surface area contributed by atoms with Gasteiger partial charge in [0.05, 0.1) is 11.9 Å². The van der Waals surface area contributed by atoms with E-state index in [0.717, 1.165) is 17.0 Å². The van der Waals surface area contributed by atoms with Gasteiger partial charge in [0.15, 0.2) is 0 Å². The van der Waals surface area contributed by atoms with Gasteiger partial charge >= 0.3 is 0 Å². The Labute approximate surface area is 82.1 Å². The molecule has 2 rings (SSSR count). The van der Waals surface area contributed by atoms with Gasteiger partial charge in [-0.15, -0.1) is 0 Å². The van der Waals surface area contributed by atoms with Crippen LogP contribution in [0.3, 0.4) is 0 Å². The fourth-order valence-electron chi connectivity index (χ4n) is 1.59. The summed E-state index contributed by atoms with van der Waals surface area (Å²) in [5, 5.41) is 8.44. The van der Waals surface area contributed by atoms with Gasteiger partial charge in [-0.1, -0.05) is 0 Å². The summed E-state index contributed by atoms with van der Waals surface area (Å²) in [6.07, 6.45) is 3.60. The lowest BCUT2D eigenvalue weighted by atomic mass is 10.2. The highest BCUT2D eigenvalue weighted by Gasteiger charge is 2.13. The molecule has 74 valence electrons. The SMILES string of the molecule is Cc1cn(C)nc1-c1c(N)cnn1C. The van der Waals surface area contributed by atoms with Crippen molar-refractivity contribution in [2.75, 3.05) is 5.73 Å². The normalized spacial score (nSPS) is 10.8. The van der Waals surface area contributed by atoms with Crippen LogP contribution in [-0.2, 0) is 14.1 Å². The molecule has 0 unspecified atom stereocenters. The van der Waals surface area contributed by atoms with Crippen molar-refractivity contribution in [3.8, 4) is 11.4 Å². The first kappa shape index (κ1) is 8.80. The number of nitrogens with two attached hydrogens (primary N) is 1. The Bertz CT molecular complexity index is 446. The van der Waals surface area contributed by atoms with Crippen LogP contribution in [0.1, 0.15) is 5.56 Å². The van der Waals surface area contributed by atoms with Crippen LogP contribution in [0.15, 0.2) is 12.4 Å². The van der Waals surface area contributed by atoms with Crippen LogP contribution >= 0.6 is 0 Å². The third kappa shape index (κ3) is 1.17. The molecule has 2 aromatic heterocycles. The molecule has 5 heteroatoms. The third-order valence-electron chi connectivity index (χ3n) is 2.20. The minimum absolute atomic E-state index is 0.661. The molecule has 0 aliphatic carbocycles. The number of hydrogen-bond donors (Lipinski definition) is 1. The molecule has 5 nitrogen and oxygen atoms in total. The second kappa shape index (κ2) is 2.87. The molecule has 0 amide bonds. The molecule has 0 radical (unpaired) electrons. The summed E-state index contributed by atoms with van der Waals surface area (Å²) in [6.45, 7) is 2.01. The maximum absolute atomic E-state index is 5.82. The van der Waals surface area contributed by atoms with E-state index >= 15 is 0 Å². The molecule has 2 aromatic rings. The average molecular weight is 191 g/mol. The first-order valence-electron chi connectivity index (χ1n) is 4.37. The zero-order valence-corrected chi connectivity index (χ0v) is 8.52. The van der Waals surface area contributed by atoms with Crippen molar-refractivity contribution in [1.82, 2.24) is 19.6 Å². The van der Waals surface area contributed by atoms with Crippen molar-refractivity contribution >= 4 is 5.69 Å². The lowest BCUT2D eigenvalue weighted by Crippen LogP contribution is -1.98. The Morgan fingerprint density at radius 2 is 2.07 bits per heavy atom. The predicted molar refractivity (Wildman–Crippen MR) is 54.6 cm³/mol. The van der Waals surface area contributed by atoms with Gasteiger partial charge < -0.3 is 5.73 Å². The molecule has 0 saturated heterocycles. The second-order valence-electron chi connectivity index (χ2n) is 3.41. The first-order valence-corrected chi connectivity index (χ1v) is 4.37. The van der Waals surface area contributed by atoms with Crippen LogP contribution in [0.4, 0.5) is 5.69 Å². The Morgan fingerprint density at radius 3 is 2.50 bits per heavy atom. The number of rotatable bonds is 1. The Kier molecular flexibility index (Phi) is 1.80. The average Bonchev–Trinajstić information content (AvgIpc) is 2.57. The Balaban J connectivity index is 2.65. The van der Waals surface area contributed by atoms with Gasteiger partial charge in [-0.3, -0.25) is 9.36 Å². The monoisotopic (exact) mass is 191 g/mol. The summed E-state index contributed by atoms with van der Waals surface area (Å²) in [5.74, 6) is 0. The largest absolute Gasteiger partial charge is 0.396 e. The summed E-state index contributed by atoms with van der Waals surface area (Å²) in [6, 6.07) is 0. The van der Waals surface area contributed by atoms with E-state index in [2.05, 4.69) is 10.2 Å². The molecule has 0 aliphatic rings. The molecule has 2 N–H and O–H groups in total. The van der Waals surface area contributed by atoms with E-state index in [-0.39, 0.29) is 0 Å². The number of nitrogens with zero attached hydrogens (tertiary/aromatic N) is 4. The fraction of sp³-hybridized carbons (Fsp3) is 0.333. The zero-order chi connectivity index (χ0) is 10.3. The zero-order valence-electron chi connectivity index (χ0n) is 8.52. The van der Waals surface area contributed by atoms with Gasteiger partial charge in [-0.2, -0.15) is 10.2 Å². The summed E-state index contributed by atoms with van der Waals surface area (Å²) >= 11 is 0. The number of anilines is 1. The van der Waals surface area contributed by atoms with Gasteiger partial charge in [-0.05, 0) is 12.5 Å². The molecule has 0 atom stereocenters. The van der Waals surface area contributed by atoms with Crippen LogP contribution in [0.2, 0.25) is 0 Å². The Morgan fingerprint density at radius 1 is 1.36 bits per heavy atom. The van der Waals surface area contributed by atoms with Crippen molar-refractivity contribution < 1.29 is 0 Å². The summed E-state index contributed by atoms with van der Waals surface area (Å²) < 4.78 is 3.52. The molecule has 0 aromatic carbocycles. The molecular formula is C9H13N5. The van der Waals surface area contributed by atoms with E-state index in [9.17, 15) is 0 Å². The maximum atomic E-state index is 5.82. The van der Waals surface area contributed by atoms with Crippen molar-refractivity contribution in [3.63, 3.8) is 0 Å². The summed E-state index contributed by atoms with van der Waals surface area (Å²) in [7, 11) is 3.75. The highest BCUT2D eigenvalue weighted by molar-refractivity contribution is 5.71. The van der Waals surface area contributed by atoms with E-state index in [0.29, 0.717) is 5.69 Å². The molecule has 14 heavy (non-hydrogen) atoms. The Hall–Kier alpha value is -1.78. The van der Waals surface area contributed by atoms with E-state index < -0.39 is 0 Å². The smallest absolute Gasteiger partial charge is 0.115 e. The number of nitrogen functional groups attached to an aromatic ring is 1. The van der Waals surface area contributed by atoms with E-state index in [1.165, 1.54) is 0 Å². The van der Waals surface area contributed by atoms with Crippen molar-refractivity contribution in [2.24, 2.45) is 14.1 Å². The quantitative estimate of drug-likeness (QED) is 0.722. The van der Waals surface area contributed by atoms with Crippen molar-refractivity contribution in [1.29, 1.82) is 0 Å². The molecular weight excluding hydrogens is 178 g/mol. The molecule has 0 aliphatic heterocycles. The molecule has 2 heterocycles. The summed E-state index contributed by atoms with van der Waals surface area (Å²) in [4.78, 5) is 0. The number of aromatic nitrogens is 4. The maximum Gasteiger partial charge on any atom is 0.115 e. The van der Waals surface area contributed by atoms with E-state index in [4.69, 9.17) is 5.73 Å². The lowest BCUT2D eigenvalue weighted by molar-refractivity contribution is 0.749. The van der Waals surface area contributed by atoms with Crippen molar-refractivity contribution in [3.05, 3.63) is 18.0 Å². The molecule has 0 saturated carbocycles. The number of hydrogen-bond acceptors (Lipinski definition) is 3. The first-order chi connectivity index (χ1) is 6.59. The van der Waals surface area contributed by atoms with Crippen LogP contribution < -0.4 is 5.73 Å². The van der Waals surface area contributed by atoms with Gasteiger partial charge in [0.1, 0.15) is 11.4 Å².